The van der Waals surface area contributed by atoms with Gasteiger partial charge in [-0.2, -0.15) is 0 Å². The molecule has 0 heterocycles. The van der Waals surface area contributed by atoms with Crippen molar-refractivity contribution in [1.29, 1.82) is 0 Å². The second-order valence-corrected chi connectivity index (χ2v) is 6.71. The van der Waals surface area contributed by atoms with Gasteiger partial charge in [-0.05, 0) is 44.2 Å². The van der Waals surface area contributed by atoms with E-state index in [0.717, 1.165) is 5.56 Å². The summed E-state index contributed by atoms with van der Waals surface area (Å²) in [5, 5.41) is 6.46. The van der Waals surface area contributed by atoms with Crippen molar-refractivity contribution in [1.82, 2.24) is 0 Å². The van der Waals surface area contributed by atoms with Gasteiger partial charge in [-0.3, -0.25) is 4.79 Å². The molecular weight excluding hydrogens is 355 g/mol. The zero-order chi connectivity index (χ0) is 17.0. The Labute approximate surface area is 150 Å². The minimum atomic E-state index is -0.271. The third-order valence-corrected chi connectivity index (χ3v) is 4.38. The summed E-state index contributed by atoms with van der Waals surface area (Å²) in [6.45, 7) is 3.90. The van der Waals surface area contributed by atoms with Gasteiger partial charge in [-0.1, -0.05) is 46.9 Å². The smallest absolute Gasteiger partial charge is 0.282 e. The van der Waals surface area contributed by atoms with Crippen LogP contribution in [0.2, 0.25) is 15.1 Å². The SMILES string of the molecule is C[C@H]([NH2+][C@H](C)c1ccc(Cl)cc1)C(=O)Nc1ccc(Cl)cc1Cl. The quantitative estimate of drug-likeness (QED) is 0.807. The van der Waals surface area contributed by atoms with Gasteiger partial charge in [0.1, 0.15) is 6.04 Å². The van der Waals surface area contributed by atoms with Gasteiger partial charge in [0.15, 0.2) is 6.04 Å². The normalized spacial score (nSPS) is 13.4. The van der Waals surface area contributed by atoms with Gasteiger partial charge in [-0.15, -0.1) is 0 Å². The average molecular weight is 373 g/mol. The summed E-state index contributed by atoms with van der Waals surface area (Å²) < 4.78 is 0. The first-order valence-corrected chi connectivity index (χ1v) is 8.36. The first-order valence-electron chi connectivity index (χ1n) is 7.23. The number of hydrogen-bond acceptors (Lipinski definition) is 1. The molecule has 1 amide bonds. The Balaban J connectivity index is 1.98. The van der Waals surface area contributed by atoms with Crippen molar-refractivity contribution in [2.45, 2.75) is 25.9 Å². The summed E-state index contributed by atoms with van der Waals surface area (Å²) in [6.07, 6.45) is 0. The lowest BCUT2D eigenvalue weighted by atomic mass is 10.1. The summed E-state index contributed by atoms with van der Waals surface area (Å²) in [5.74, 6) is -0.116. The molecule has 0 bridgehead atoms. The molecule has 23 heavy (non-hydrogen) atoms. The number of nitrogens with one attached hydrogen (secondary N) is 1. The molecule has 0 radical (unpaired) electrons. The van der Waals surface area contributed by atoms with E-state index < -0.39 is 0 Å². The van der Waals surface area contributed by atoms with Crippen LogP contribution in [0.25, 0.3) is 0 Å². The van der Waals surface area contributed by atoms with Crippen molar-refractivity contribution >= 4 is 46.4 Å². The molecule has 2 rings (SSSR count). The predicted molar refractivity (Wildman–Crippen MR) is 96.3 cm³/mol. The molecule has 0 aliphatic heterocycles. The Kier molecular flexibility index (Phi) is 6.31. The van der Waals surface area contributed by atoms with Crippen LogP contribution in [0, 0.1) is 0 Å². The van der Waals surface area contributed by atoms with Gasteiger partial charge < -0.3 is 10.6 Å². The van der Waals surface area contributed by atoms with Crippen LogP contribution in [0.4, 0.5) is 5.69 Å². The van der Waals surface area contributed by atoms with E-state index in [1.807, 2.05) is 43.4 Å². The molecule has 2 atom stereocenters. The molecule has 2 aromatic rings. The number of halogens is 3. The molecule has 3 N–H and O–H groups in total. The average Bonchev–Trinajstić information content (AvgIpc) is 2.50. The maximum Gasteiger partial charge on any atom is 0.282 e. The number of carbonyl (C=O) groups excluding carboxylic acids is 1. The zero-order valence-corrected chi connectivity index (χ0v) is 15.1. The minimum Gasteiger partial charge on any atom is -0.330 e. The molecule has 6 heteroatoms. The van der Waals surface area contributed by atoms with Crippen molar-refractivity contribution in [3.8, 4) is 0 Å². The number of nitrogens with two attached hydrogens (primary N) is 1. The molecule has 2 aromatic carbocycles. The summed E-state index contributed by atoms with van der Waals surface area (Å²) in [7, 11) is 0. The van der Waals surface area contributed by atoms with E-state index in [1.54, 1.807) is 18.2 Å². The Morgan fingerprint density at radius 2 is 1.61 bits per heavy atom. The molecule has 122 valence electrons. The lowest BCUT2D eigenvalue weighted by Gasteiger charge is -2.17. The predicted octanol–water partition coefficient (Wildman–Crippen LogP) is 4.30. The van der Waals surface area contributed by atoms with Crippen LogP contribution in [0.15, 0.2) is 42.5 Å². The van der Waals surface area contributed by atoms with E-state index in [2.05, 4.69) is 5.32 Å². The van der Waals surface area contributed by atoms with Gasteiger partial charge in [0.2, 0.25) is 0 Å². The maximum atomic E-state index is 12.3. The molecule has 0 saturated heterocycles. The molecule has 0 aliphatic rings. The van der Waals surface area contributed by atoms with Gasteiger partial charge >= 0.3 is 0 Å². The largest absolute Gasteiger partial charge is 0.330 e. The van der Waals surface area contributed by atoms with E-state index in [0.29, 0.717) is 20.8 Å². The summed E-state index contributed by atoms with van der Waals surface area (Å²) in [5.41, 5.74) is 1.67. The van der Waals surface area contributed by atoms with Crippen LogP contribution in [0.1, 0.15) is 25.5 Å². The van der Waals surface area contributed by atoms with Gasteiger partial charge in [0, 0.05) is 15.6 Å². The van der Waals surface area contributed by atoms with Gasteiger partial charge in [0.25, 0.3) is 5.91 Å². The van der Waals surface area contributed by atoms with Crippen molar-refractivity contribution in [3.05, 3.63) is 63.1 Å². The fourth-order valence-corrected chi connectivity index (χ4v) is 2.82. The van der Waals surface area contributed by atoms with E-state index >= 15 is 0 Å². The highest BCUT2D eigenvalue weighted by atomic mass is 35.5. The van der Waals surface area contributed by atoms with E-state index in [1.165, 1.54) is 0 Å². The second-order valence-electron chi connectivity index (χ2n) is 5.43. The highest BCUT2D eigenvalue weighted by molar-refractivity contribution is 6.36. The zero-order valence-electron chi connectivity index (χ0n) is 12.8. The van der Waals surface area contributed by atoms with Gasteiger partial charge in [-0.25, -0.2) is 0 Å². The monoisotopic (exact) mass is 371 g/mol. The number of anilines is 1. The number of rotatable bonds is 5. The van der Waals surface area contributed by atoms with Crippen LogP contribution < -0.4 is 10.6 Å². The second kappa shape index (κ2) is 8.02. The van der Waals surface area contributed by atoms with Crippen LogP contribution in [0.3, 0.4) is 0 Å². The fourth-order valence-electron chi connectivity index (χ4n) is 2.24. The summed E-state index contributed by atoms with van der Waals surface area (Å²) >= 11 is 17.8. The third-order valence-electron chi connectivity index (χ3n) is 3.58. The van der Waals surface area contributed by atoms with Crippen molar-refractivity contribution in [2.75, 3.05) is 5.32 Å². The fraction of sp³-hybridized carbons (Fsp3) is 0.235. The maximum absolute atomic E-state index is 12.3. The van der Waals surface area contributed by atoms with Crippen LogP contribution in [-0.4, -0.2) is 11.9 Å². The Bertz CT molecular complexity index is 689. The standard InChI is InChI=1S/C17H17Cl3N2O/c1-10(12-3-5-13(18)6-4-12)21-11(2)17(23)22-16-8-7-14(19)9-15(16)20/h3-11,21H,1-2H3,(H,22,23)/p+1/t10-,11+/m1/s1. The van der Waals surface area contributed by atoms with E-state index in [4.69, 9.17) is 34.8 Å². The lowest BCUT2D eigenvalue weighted by molar-refractivity contribution is -0.709. The van der Waals surface area contributed by atoms with Crippen LogP contribution in [0.5, 0.6) is 0 Å². The molecular formula is C17H18Cl3N2O+. The number of quaternary nitrogens is 1. The third kappa shape index (κ3) is 5.11. The highest BCUT2D eigenvalue weighted by Gasteiger charge is 2.21. The minimum absolute atomic E-state index is 0.116. The Morgan fingerprint density at radius 1 is 1.00 bits per heavy atom. The molecule has 0 unspecified atom stereocenters. The molecule has 0 fully saturated rings. The summed E-state index contributed by atoms with van der Waals surface area (Å²) in [6, 6.07) is 12.5. The van der Waals surface area contributed by atoms with Crippen LogP contribution >= 0.6 is 34.8 Å². The lowest BCUT2D eigenvalue weighted by Crippen LogP contribution is -2.91. The Morgan fingerprint density at radius 3 is 2.22 bits per heavy atom. The van der Waals surface area contributed by atoms with E-state index in [9.17, 15) is 4.79 Å². The molecule has 0 aliphatic carbocycles. The van der Waals surface area contributed by atoms with Crippen molar-refractivity contribution in [3.63, 3.8) is 0 Å². The summed E-state index contributed by atoms with van der Waals surface area (Å²) in [4.78, 5) is 12.3. The first-order chi connectivity index (χ1) is 10.9. The van der Waals surface area contributed by atoms with Crippen LogP contribution in [-0.2, 0) is 4.79 Å². The number of amides is 1. The number of hydrogen-bond donors (Lipinski definition) is 2. The molecule has 0 aromatic heterocycles. The molecule has 0 spiro atoms. The van der Waals surface area contributed by atoms with Crippen molar-refractivity contribution < 1.29 is 10.1 Å². The molecule has 0 saturated carbocycles. The highest BCUT2D eigenvalue weighted by Crippen LogP contribution is 2.25. The van der Waals surface area contributed by atoms with Gasteiger partial charge in [0.05, 0.1) is 10.7 Å². The topological polar surface area (TPSA) is 45.7 Å². The Hall–Kier alpha value is -1.26. The van der Waals surface area contributed by atoms with Crippen molar-refractivity contribution in [2.24, 2.45) is 0 Å². The number of carbonyl (C=O) groups is 1. The number of benzene rings is 2. The molecule has 3 nitrogen and oxygen atoms in total. The van der Waals surface area contributed by atoms with E-state index in [-0.39, 0.29) is 18.0 Å². The first kappa shape index (κ1) is 18.1.